The summed E-state index contributed by atoms with van der Waals surface area (Å²) in [5.41, 5.74) is 8.69. The van der Waals surface area contributed by atoms with E-state index >= 15 is 0 Å². The van der Waals surface area contributed by atoms with Gasteiger partial charge in [0.25, 0.3) is 5.91 Å². The third-order valence-electron chi connectivity index (χ3n) is 3.89. The molecule has 0 atom stereocenters. The number of aldehydes is 1. The molecule has 0 saturated carbocycles. The van der Waals surface area contributed by atoms with E-state index in [1.54, 1.807) is 18.9 Å². The Labute approximate surface area is 183 Å². The van der Waals surface area contributed by atoms with E-state index in [-0.39, 0.29) is 19.1 Å². The number of ether oxygens (including phenoxy) is 1. The zero-order chi connectivity index (χ0) is 22.4. The number of carbonyl (C=O) groups is 2. The van der Waals surface area contributed by atoms with Crippen LogP contribution in [0.1, 0.15) is 34.0 Å². The molecule has 7 heteroatoms. The first kappa shape index (κ1) is 25.1. The van der Waals surface area contributed by atoms with Crippen molar-refractivity contribution in [3.05, 3.63) is 82.4 Å². The molecule has 30 heavy (non-hydrogen) atoms. The molecular formula is C23H29N3O3S. The zero-order valence-electron chi connectivity index (χ0n) is 17.6. The fraction of sp³-hybridized carbons (Fsp3) is 0.261. The number of rotatable bonds is 8. The van der Waals surface area contributed by atoms with E-state index in [2.05, 4.69) is 17.6 Å². The number of nitrogens with two attached hydrogens (primary N) is 1. The van der Waals surface area contributed by atoms with Crippen LogP contribution in [-0.4, -0.2) is 36.6 Å². The summed E-state index contributed by atoms with van der Waals surface area (Å²) in [5, 5.41) is 1.52. The van der Waals surface area contributed by atoms with Crippen LogP contribution in [0.25, 0.3) is 0 Å². The summed E-state index contributed by atoms with van der Waals surface area (Å²) in [7, 11) is 1.78. The van der Waals surface area contributed by atoms with E-state index in [1.807, 2.05) is 55.5 Å². The van der Waals surface area contributed by atoms with Crippen LogP contribution in [0.2, 0.25) is 0 Å². The number of benzene rings is 2. The van der Waals surface area contributed by atoms with Crippen molar-refractivity contribution >= 4 is 30.7 Å². The molecule has 0 bridgehead atoms. The van der Waals surface area contributed by atoms with Gasteiger partial charge in [-0.3, -0.25) is 4.79 Å². The van der Waals surface area contributed by atoms with Gasteiger partial charge >= 0.3 is 0 Å². The SMILES string of the molecule is CC(N)=N/C=C\S.Cc1ccc(C(=O)N(C)Cc2ccccc2)c(COCC=O)c1. The highest BCUT2D eigenvalue weighted by Crippen LogP contribution is 2.16. The van der Waals surface area contributed by atoms with Crippen LogP contribution < -0.4 is 5.73 Å². The number of carbonyl (C=O) groups excluding carboxylic acids is 2. The molecule has 0 aliphatic rings. The second-order valence-electron chi connectivity index (χ2n) is 6.56. The topological polar surface area (TPSA) is 85.0 Å². The van der Waals surface area contributed by atoms with Gasteiger partial charge in [0.05, 0.1) is 12.4 Å². The van der Waals surface area contributed by atoms with Gasteiger partial charge in [0, 0.05) is 25.4 Å². The molecule has 2 rings (SSSR count). The van der Waals surface area contributed by atoms with Gasteiger partial charge in [-0.15, -0.1) is 12.6 Å². The Hall–Kier alpha value is -2.90. The first-order chi connectivity index (χ1) is 14.4. The summed E-state index contributed by atoms with van der Waals surface area (Å²) in [4.78, 5) is 28.5. The lowest BCUT2D eigenvalue weighted by molar-refractivity contribution is -0.112. The smallest absolute Gasteiger partial charge is 0.254 e. The molecule has 0 saturated heterocycles. The monoisotopic (exact) mass is 427 g/mol. The Morgan fingerprint density at radius 1 is 1.23 bits per heavy atom. The summed E-state index contributed by atoms with van der Waals surface area (Å²) in [6, 6.07) is 15.5. The Bertz CT molecular complexity index is 863. The maximum absolute atomic E-state index is 12.7. The zero-order valence-corrected chi connectivity index (χ0v) is 18.5. The second kappa shape index (κ2) is 14.1. The molecule has 1 amide bonds. The van der Waals surface area contributed by atoms with Gasteiger partial charge < -0.3 is 20.2 Å². The minimum absolute atomic E-state index is 0.0292. The van der Waals surface area contributed by atoms with E-state index in [4.69, 9.17) is 10.5 Å². The molecule has 2 aromatic carbocycles. The summed E-state index contributed by atoms with van der Waals surface area (Å²) >= 11 is 3.75. The van der Waals surface area contributed by atoms with Crippen molar-refractivity contribution in [3.8, 4) is 0 Å². The summed E-state index contributed by atoms with van der Waals surface area (Å²) in [6.45, 7) is 4.50. The third-order valence-corrected chi connectivity index (χ3v) is 4.02. The predicted molar refractivity (Wildman–Crippen MR) is 125 cm³/mol. The van der Waals surface area contributed by atoms with Gasteiger partial charge in [-0.1, -0.05) is 48.0 Å². The van der Waals surface area contributed by atoms with E-state index in [9.17, 15) is 9.59 Å². The van der Waals surface area contributed by atoms with Gasteiger partial charge in [0.1, 0.15) is 12.9 Å². The Kier molecular flexibility index (Phi) is 11.8. The molecular weight excluding hydrogens is 398 g/mol. The van der Waals surface area contributed by atoms with Crippen molar-refractivity contribution in [2.45, 2.75) is 27.0 Å². The lowest BCUT2D eigenvalue weighted by atomic mass is 10.0. The molecule has 160 valence electrons. The van der Waals surface area contributed by atoms with E-state index < -0.39 is 0 Å². The van der Waals surface area contributed by atoms with Crippen molar-refractivity contribution in [2.24, 2.45) is 10.7 Å². The van der Waals surface area contributed by atoms with Crippen molar-refractivity contribution < 1.29 is 14.3 Å². The summed E-state index contributed by atoms with van der Waals surface area (Å²) < 4.78 is 5.27. The molecule has 0 radical (unpaired) electrons. The normalized spacial score (nSPS) is 11.0. The van der Waals surface area contributed by atoms with Gasteiger partial charge in [0.15, 0.2) is 0 Å². The lowest BCUT2D eigenvalue weighted by Gasteiger charge is -2.19. The van der Waals surface area contributed by atoms with Crippen molar-refractivity contribution in [1.29, 1.82) is 0 Å². The molecule has 0 aliphatic carbocycles. The minimum Gasteiger partial charge on any atom is -0.387 e. The quantitative estimate of drug-likeness (QED) is 0.221. The highest BCUT2D eigenvalue weighted by atomic mass is 32.1. The van der Waals surface area contributed by atoms with Gasteiger partial charge in [0.2, 0.25) is 0 Å². The molecule has 2 aromatic rings. The van der Waals surface area contributed by atoms with Crippen molar-refractivity contribution in [2.75, 3.05) is 13.7 Å². The number of nitrogens with zero attached hydrogens (tertiary/aromatic N) is 2. The standard InChI is InChI=1S/C19H21NO3.C4H8N2S/c1-15-8-9-18(17(12-15)14-23-11-10-21)19(22)20(2)13-16-6-4-3-5-7-16;1-4(5)6-2-3-7/h3-10,12H,11,13-14H2,1-2H3;2-3,7H,1H3,(H2,5,6)/b;3-2-. The fourth-order valence-corrected chi connectivity index (χ4v) is 2.62. The van der Waals surface area contributed by atoms with E-state index in [0.29, 0.717) is 24.2 Å². The number of thiol groups is 1. The third kappa shape index (κ3) is 9.54. The molecule has 0 aliphatic heterocycles. The van der Waals surface area contributed by atoms with Crippen LogP contribution in [-0.2, 0) is 22.7 Å². The molecule has 2 N–H and O–H groups in total. The number of hydrogen-bond acceptors (Lipinski definition) is 5. The van der Waals surface area contributed by atoms with E-state index in [0.717, 1.165) is 16.7 Å². The number of amidine groups is 1. The lowest BCUT2D eigenvalue weighted by Crippen LogP contribution is -2.27. The average Bonchev–Trinajstić information content (AvgIpc) is 2.73. The Morgan fingerprint density at radius 3 is 2.50 bits per heavy atom. The summed E-state index contributed by atoms with van der Waals surface area (Å²) in [5.74, 6) is 0.490. The first-order valence-electron chi connectivity index (χ1n) is 9.38. The van der Waals surface area contributed by atoms with Crippen LogP contribution in [0.3, 0.4) is 0 Å². The number of amides is 1. The maximum Gasteiger partial charge on any atom is 0.254 e. The maximum atomic E-state index is 12.7. The number of hydrogen-bond donors (Lipinski definition) is 2. The number of aliphatic imine (C=N–C) groups is 1. The number of aryl methyl sites for hydroxylation is 1. The first-order valence-corrected chi connectivity index (χ1v) is 9.90. The van der Waals surface area contributed by atoms with Gasteiger partial charge in [-0.2, -0.15) is 0 Å². The minimum atomic E-state index is -0.0569. The Morgan fingerprint density at radius 2 is 1.93 bits per heavy atom. The molecule has 0 fully saturated rings. The summed E-state index contributed by atoms with van der Waals surface area (Å²) in [6.07, 6.45) is 2.23. The van der Waals surface area contributed by atoms with Crippen LogP contribution in [0.4, 0.5) is 0 Å². The van der Waals surface area contributed by atoms with Crippen LogP contribution in [0, 0.1) is 6.92 Å². The van der Waals surface area contributed by atoms with Crippen molar-refractivity contribution in [1.82, 2.24) is 4.90 Å². The fourth-order valence-electron chi connectivity index (χ4n) is 2.55. The second-order valence-corrected chi connectivity index (χ2v) is 6.86. The molecule has 0 unspecified atom stereocenters. The highest BCUT2D eigenvalue weighted by Gasteiger charge is 2.16. The van der Waals surface area contributed by atoms with Crippen LogP contribution in [0.5, 0.6) is 0 Å². The van der Waals surface area contributed by atoms with Gasteiger partial charge in [-0.25, -0.2) is 4.99 Å². The van der Waals surface area contributed by atoms with Gasteiger partial charge in [-0.05, 0) is 36.4 Å². The predicted octanol–water partition coefficient (Wildman–Crippen LogP) is 3.75. The average molecular weight is 428 g/mol. The molecule has 0 aromatic heterocycles. The largest absolute Gasteiger partial charge is 0.387 e. The highest BCUT2D eigenvalue weighted by molar-refractivity contribution is 7.83. The molecule has 0 spiro atoms. The van der Waals surface area contributed by atoms with Crippen molar-refractivity contribution in [3.63, 3.8) is 0 Å². The van der Waals surface area contributed by atoms with E-state index in [1.165, 1.54) is 11.6 Å². The van der Waals surface area contributed by atoms with Crippen LogP contribution >= 0.6 is 12.6 Å². The molecule has 0 heterocycles. The molecule has 6 nitrogen and oxygen atoms in total. The van der Waals surface area contributed by atoms with Crippen LogP contribution in [0.15, 0.2) is 65.1 Å². The Balaban J connectivity index is 0.000000553.